The van der Waals surface area contributed by atoms with E-state index in [-0.39, 0.29) is 5.91 Å². The van der Waals surface area contributed by atoms with Crippen molar-refractivity contribution in [3.05, 3.63) is 53.1 Å². The molecule has 3 aromatic rings. The molecule has 28 heavy (non-hydrogen) atoms. The number of thiazole rings is 1. The van der Waals surface area contributed by atoms with Crippen molar-refractivity contribution < 1.29 is 9.53 Å². The third-order valence-corrected chi connectivity index (χ3v) is 5.92. The summed E-state index contributed by atoms with van der Waals surface area (Å²) in [7, 11) is 5.70. The molecule has 0 fully saturated rings. The fourth-order valence-corrected chi connectivity index (χ4v) is 4.10. The third-order valence-electron chi connectivity index (χ3n) is 4.87. The molecule has 1 amide bonds. The van der Waals surface area contributed by atoms with Gasteiger partial charge in [0.05, 0.1) is 17.3 Å². The fraction of sp³-hybridized carbons (Fsp3) is 0.364. The Kier molecular flexibility index (Phi) is 6.31. The lowest BCUT2D eigenvalue weighted by Gasteiger charge is -2.21. The van der Waals surface area contributed by atoms with E-state index in [0.717, 1.165) is 34.1 Å². The number of carbonyl (C=O) groups is 1. The molecule has 6 heteroatoms. The Hall–Kier alpha value is -2.44. The number of carbonyl (C=O) groups excluding carboxylic acids is 1. The molecule has 0 atom stereocenters. The number of methoxy groups -OCH3 is 1. The van der Waals surface area contributed by atoms with Gasteiger partial charge in [-0.25, -0.2) is 4.98 Å². The Morgan fingerprint density at radius 2 is 1.79 bits per heavy atom. The van der Waals surface area contributed by atoms with E-state index in [2.05, 4.69) is 30.9 Å². The Morgan fingerprint density at radius 3 is 2.43 bits per heavy atom. The van der Waals surface area contributed by atoms with Crippen LogP contribution in [0.15, 0.2) is 36.4 Å². The van der Waals surface area contributed by atoms with E-state index in [1.165, 1.54) is 11.1 Å². The van der Waals surface area contributed by atoms with Crippen LogP contribution in [0.25, 0.3) is 10.2 Å². The van der Waals surface area contributed by atoms with Gasteiger partial charge in [-0.1, -0.05) is 17.4 Å². The Bertz CT molecular complexity index is 964. The van der Waals surface area contributed by atoms with Crippen molar-refractivity contribution in [2.75, 3.05) is 39.2 Å². The van der Waals surface area contributed by atoms with Crippen molar-refractivity contribution >= 4 is 32.6 Å². The van der Waals surface area contributed by atoms with Gasteiger partial charge in [0.25, 0.3) is 5.91 Å². The molecule has 0 radical (unpaired) electrons. The van der Waals surface area contributed by atoms with Crippen LogP contribution in [-0.4, -0.2) is 50.1 Å². The highest BCUT2D eigenvalue weighted by Gasteiger charge is 2.22. The van der Waals surface area contributed by atoms with Gasteiger partial charge in [-0.3, -0.25) is 9.69 Å². The van der Waals surface area contributed by atoms with Gasteiger partial charge in [-0.2, -0.15) is 0 Å². The van der Waals surface area contributed by atoms with E-state index in [4.69, 9.17) is 9.72 Å². The zero-order valence-electron chi connectivity index (χ0n) is 17.2. The highest BCUT2D eigenvalue weighted by atomic mass is 32.1. The average Bonchev–Trinajstić information content (AvgIpc) is 3.12. The molecule has 0 unspecified atom stereocenters. The van der Waals surface area contributed by atoms with Crippen LogP contribution in [0.3, 0.4) is 0 Å². The molecule has 5 nitrogen and oxygen atoms in total. The summed E-state index contributed by atoms with van der Waals surface area (Å²) in [6.45, 7) is 5.71. The first-order valence-electron chi connectivity index (χ1n) is 9.38. The quantitative estimate of drug-likeness (QED) is 0.588. The predicted molar refractivity (Wildman–Crippen MR) is 117 cm³/mol. The maximum absolute atomic E-state index is 13.3. The number of nitrogens with zero attached hydrogens (tertiary/aromatic N) is 3. The standard InChI is InChI=1S/C22H27N3O2S/c1-15-7-12-19-20(16(15)2)23-22(28-19)25(14-6-13-24(3)4)21(26)17-8-10-18(27-5)11-9-17/h7-12H,6,13-14H2,1-5H3. The molecule has 0 aliphatic heterocycles. The number of fused-ring (bicyclic) bond motifs is 1. The molecule has 0 aliphatic rings. The summed E-state index contributed by atoms with van der Waals surface area (Å²) in [6.07, 6.45) is 0.878. The molecule has 148 valence electrons. The molecule has 0 aliphatic carbocycles. The number of aryl methyl sites for hydroxylation is 2. The van der Waals surface area contributed by atoms with Gasteiger partial charge in [-0.15, -0.1) is 0 Å². The largest absolute Gasteiger partial charge is 0.497 e. The van der Waals surface area contributed by atoms with E-state index in [1.807, 2.05) is 43.3 Å². The van der Waals surface area contributed by atoms with Crippen LogP contribution < -0.4 is 9.64 Å². The molecule has 1 heterocycles. The molecule has 1 aromatic heterocycles. The van der Waals surface area contributed by atoms with Gasteiger partial charge in [0.1, 0.15) is 5.75 Å². The Balaban J connectivity index is 1.96. The lowest BCUT2D eigenvalue weighted by molar-refractivity contribution is 0.0986. The van der Waals surface area contributed by atoms with Crippen LogP contribution in [0.2, 0.25) is 0 Å². The topological polar surface area (TPSA) is 45.7 Å². The van der Waals surface area contributed by atoms with Gasteiger partial charge in [0.2, 0.25) is 0 Å². The number of benzene rings is 2. The molecular weight excluding hydrogens is 370 g/mol. The second-order valence-electron chi connectivity index (χ2n) is 7.19. The minimum absolute atomic E-state index is 0.0326. The van der Waals surface area contributed by atoms with Crippen molar-refractivity contribution in [1.29, 1.82) is 0 Å². The Labute approximate surface area is 170 Å². The summed E-state index contributed by atoms with van der Waals surface area (Å²) in [5, 5.41) is 0.753. The maximum atomic E-state index is 13.3. The number of amides is 1. The van der Waals surface area contributed by atoms with Crippen molar-refractivity contribution in [2.45, 2.75) is 20.3 Å². The van der Waals surface area contributed by atoms with Gasteiger partial charge in [0, 0.05) is 12.1 Å². The smallest absolute Gasteiger partial charge is 0.260 e. The molecule has 0 saturated heterocycles. The van der Waals surface area contributed by atoms with Crippen molar-refractivity contribution in [3.63, 3.8) is 0 Å². The van der Waals surface area contributed by atoms with Crippen LogP contribution in [0.1, 0.15) is 27.9 Å². The van der Waals surface area contributed by atoms with Crippen LogP contribution >= 0.6 is 11.3 Å². The van der Waals surface area contributed by atoms with Gasteiger partial charge in [-0.05, 0) is 82.4 Å². The SMILES string of the molecule is COc1ccc(C(=O)N(CCCN(C)C)c2nc3c(C)c(C)ccc3s2)cc1. The first-order chi connectivity index (χ1) is 13.4. The highest BCUT2D eigenvalue weighted by molar-refractivity contribution is 7.22. The molecule has 0 spiro atoms. The average molecular weight is 398 g/mol. The predicted octanol–water partition coefficient (Wildman–Crippen LogP) is 4.52. The number of hydrogen-bond acceptors (Lipinski definition) is 5. The molecule has 0 bridgehead atoms. The maximum Gasteiger partial charge on any atom is 0.260 e. The number of ether oxygens (including phenoxy) is 1. The summed E-state index contributed by atoms with van der Waals surface area (Å²) < 4.78 is 6.32. The molecule has 0 saturated carbocycles. The van der Waals surface area contributed by atoms with Crippen LogP contribution in [-0.2, 0) is 0 Å². The van der Waals surface area contributed by atoms with Crippen molar-refractivity contribution in [1.82, 2.24) is 9.88 Å². The number of rotatable bonds is 7. The lowest BCUT2D eigenvalue weighted by atomic mass is 10.1. The van der Waals surface area contributed by atoms with Gasteiger partial charge in [0.15, 0.2) is 5.13 Å². The minimum Gasteiger partial charge on any atom is -0.497 e. The third kappa shape index (κ3) is 4.34. The molecule has 3 rings (SSSR count). The monoisotopic (exact) mass is 397 g/mol. The van der Waals surface area contributed by atoms with Gasteiger partial charge >= 0.3 is 0 Å². The van der Waals surface area contributed by atoms with Crippen LogP contribution in [0, 0.1) is 13.8 Å². The summed E-state index contributed by atoms with van der Waals surface area (Å²) in [6, 6.07) is 11.5. The normalized spacial score (nSPS) is 11.2. The van der Waals surface area contributed by atoms with Crippen LogP contribution in [0.5, 0.6) is 5.75 Å². The van der Waals surface area contributed by atoms with Crippen molar-refractivity contribution in [2.24, 2.45) is 0 Å². The zero-order chi connectivity index (χ0) is 20.3. The first-order valence-corrected chi connectivity index (χ1v) is 10.2. The summed E-state index contributed by atoms with van der Waals surface area (Å²) in [4.78, 5) is 22.1. The second-order valence-corrected chi connectivity index (χ2v) is 8.20. The van der Waals surface area contributed by atoms with Gasteiger partial charge < -0.3 is 9.64 Å². The summed E-state index contributed by atoms with van der Waals surface area (Å²) in [5.74, 6) is 0.705. The van der Waals surface area contributed by atoms with Crippen molar-refractivity contribution in [3.8, 4) is 5.75 Å². The minimum atomic E-state index is -0.0326. The van der Waals surface area contributed by atoms with E-state index in [0.29, 0.717) is 12.1 Å². The summed E-state index contributed by atoms with van der Waals surface area (Å²) in [5.41, 5.74) is 4.01. The van der Waals surface area contributed by atoms with Crippen LogP contribution in [0.4, 0.5) is 5.13 Å². The zero-order valence-corrected chi connectivity index (χ0v) is 18.0. The second kappa shape index (κ2) is 8.71. The number of aromatic nitrogens is 1. The molecule has 2 aromatic carbocycles. The van der Waals surface area contributed by atoms with E-state index in [9.17, 15) is 4.79 Å². The van der Waals surface area contributed by atoms with E-state index < -0.39 is 0 Å². The molecular formula is C22H27N3O2S. The lowest BCUT2D eigenvalue weighted by Crippen LogP contribution is -2.33. The summed E-state index contributed by atoms with van der Waals surface area (Å²) >= 11 is 1.57. The first kappa shape index (κ1) is 20.3. The van der Waals surface area contributed by atoms with E-state index >= 15 is 0 Å². The Morgan fingerprint density at radius 1 is 1.07 bits per heavy atom. The molecule has 0 N–H and O–H groups in total. The van der Waals surface area contributed by atoms with E-state index in [1.54, 1.807) is 18.4 Å². The number of anilines is 1. The highest BCUT2D eigenvalue weighted by Crippen LogP contribution is 2.32. The number of hydrogen-bond donors (Lipinski definition) is 0. The fourth-order valence-electron chi connectivity index (χ4n) is 3.05.